The number of imidazole rings is 1. The molecule has 0 unspecified atom stereocenters. The Balaban J connectivity index is 1.17. The minimum absolute atomic E-state index is 0.111. The van der Waals surface area contributed by atoms with E-state index in [1.54, 1.807) is 25.1 Å². The van der Waals surface area contributed by atoms with Crippen LogP contribution in [-0.2, 0) is 30.1 Å². The molecule has 3 heterocycles. The summed E-state index contributed by atoms with van der Waals surface area (Å²) in [6.07, 6.45) is 1.15. The lowest BCUT2D eigenvalue weighted by Gasteiger charge is -2.41. The number of hydrogen-bond acceptors (Lipinski definition) is 10. The predicted molar refractivity (Wildman–Crippen MR) is 259 cm³/mol. The number of aromatic nitrogens is 4. The number of carbonyl (C=O) groups is 1. The SMILES string of the molecule is CCCCC(=O)OC[C@@]1(C)O[C@@H](n2cnc3c(NC(c4ccccc4)(c4ccccc4)c4ccc(OC)cc4)nc(F)nc32)C[C@@H]1OC(c1ccccc1)(c1ccccc1)c1ccc(OC)cc1. The van der Waals surface area contributed by atoms with E-state index in [-0.39, 0.29) is 36.9 Å². The average molecular weight is 912 g/mol. The number of ether oxygens (including phenoxy) is 5. The summed E-state index contributed by atoms with van der Waals surface area (Å²) in [5.41, 5.74) is 2.22. The van der Waals surface area contributed by atoms with Gasteiger partial charge in [0.2, 0.25) is 0 Å². The number of nitrogens with one attached hydrogen (secondary N) is 1. The molecule has 1 aliphatic heterocycles. The first kappa shape index (κ1) is 45.7. The highest BCUT2D eigenvalue weighted by Crippen LogP contribution is 2.49. The minimum atomic E-state index is -1.22. The third kappa shape index (κ3) is 8.80. The van der Waals surface area contributed by atoms with E-state index in [9.17, 15) is 4.79 Å². The standard InChI is InChI=1S/C56H54FN5O6/c1-5-6-27-49(63)66-37-54(2)47(67-56(42-23-15-9-16-24-42,43-25-17-10-18-26-43)44-30-34-46(65-4)35-31-44)36-48(68-54)62-38-58-50-51(59-53(57)60-52(50)62)61-55(39-19-11-7-12-20-39,40-21-13-8-14-22-40)41-28-32-45(64-3)33-29-41/h7-26,28-35,38,47-48H,5-6,27,36-37H2,1-4H3,(H,59,60,61)/t47-,48+,54+/m0/s1. The van der Waals surface area contributed by atoms with Crippen molar-refractivity contribution in [1.29, 1.82) is 0 Å². The number of nitrogens with zero attached hydrogens (tertiary/aromatic N) is 4. The summed E-state index contributed by atoms with van der Waals surface area (Å²) in [7, 11) is 3.26. The largest absolute Gasteiger partial charge is 0.497 e. The second kappa shape index (κ2) is 19.8. The molecule has 2 aromatic heterocycles. The van der Waals surface area contributed by atoms with Gasteiger partial charge in [-0.15, -0.1) is 0 Å². The Morgan fingerprint density at radius 2 is 1.21 bits per heavy atom. The van der Waals surface area contributed by atoms with Crippen molar-refractivity contribution in [3.63, 3.8) is 0 Å². The lowest BCUT2D eigenvalue weighted by Crippen LogP contribution is -2.48. The maximum Gasteiger partial charge on any atom is 0.312 e. The molecular formula is C56H54FN5O6. The number of carbonyl (C=O) groups excluding carboxylic acids is 1. The van der Waals surface area contributed by atoms with Gasteiger partial charge in [-0.05, 0) is 71.0 Å². The van der Waals surface area contributed by atoms with Crippen LogP contribution in [-0.4, -0.2) is 58.0 Å². The summed E-state index contributed by atoms with van der Waals surface area (Å²) >= 11 is 0. The quantitative estimate of drug-likeness (QED) is 0.0506. The predicted octanol–water partition coefficient (Wildman–Crippen LogP) is 11.2. The molecule has 1 saturated heterocycles. The van der Waals surface area contributed by atoms with Gasteiger partial charge in [0.25, 0.3) is 0 Å². The Hall–Kier alpha value is -7.41. The van der Waals surface area contributed by atoms with Crippen LogP contribution < -0.4 is 14.8 Å². The average Bonchev–Trinajstić information content (AvgIpc) is 3.97. The molecule has 68 heavy (non-hydrogen) atoms. The van der Waals surface area contributed by atoms with Gasteiger partial charge in [-0.2, -0.15) is 14.4 Å². The summed E-state index contributed by atoms with van der Waals surface area (Å²) in [6.45, 7) is 3.81. The van der Waals surface area contributed by atoms with Crippen LogP contribution in [0.3, 0.4) is 0 Å². The fourth-order valence-electron chi connectivity index (χ4n) is 9.34. The molecule has 0 aliphatic carbocycles. The van der Waals surface area contributed by atoms with E-state index in [1.165, 1.54) is 0 Å². The zero-order chi connectivity index (χ0) is 47.1. The molecule has 1 fully saturated rings. The Morgan fingerprint density at radius 1 is 0.721 bits per heavy atom. The summed E-state index contributed by atoms with van der Waals surface area (Å²) < 4.78 is 49.8. The van der Waals surface area contributed by atoms with E-state index in [1.807, 2.05) is 184 Å². The number of anilines is 1. The zero-order valence-electron chi connectivity index (χ0n) is 38.5. The van der Waals surface area contributed by atoms with Crippen molar-refractivity contribution >= 4 is 23.0 Å². The second-order valence-corrected chi connectivity index (χ2v) is 17.1. The number of methoxy groups -OCH3 is 2. The van der Waals surface area contributed by atoms with Gasteiger partial charge in [-0.1, -0.05) is 159 Å². The number of benzene rings is 6. The van der Waals surface area contributed by atoms with Crippen LogP contribution in [0.2, 0.25) is 0 Å². The van der Waals surface area contributed by atoms with Crippen LogP contribution in [0.15, 0.2) is 176 Å². The van der Waals surface area contributed by atoms with Crippen LogP contribution in [0.4, 0.5) is 10.2 Å². The number of unbranched alkanes of at least 4 members (excludes halogenated alkanes) is 1. The van der Waals surface area contributed by atoms with Crippen molar-refractivity contribution in [3.8, 4) is 11.5 Å². The first-order valence-corrected chi connectivity index (χ1v) is 22.9. The van der Waals surface area contributed by atoms with Gasteiger partial charge in [0.1, 0.15) is 41.1 Å². The molecule has 11 nitrogen and oxygen atoms in total. The Kier molecular flexibility index (Phi) is 13.3. The third-order valence-corrected chi connectivity index (χ3v) is 12.9. The zero-order valence-corrected chi connectivity index (χ0v) is 38.5. The fourth-order valence-corrected chi connectivity index (χ4v) is 9.34. The van der Waals surface area contributed by atoms with E-state index in [0.717, 1.165) is 39.8 Å². The van der Waals surface area contributed by atoms with Gasteiger partial charge in [-0.3, -0.25) is 9.36 Å². The van der Waals surface area contributed by atoms with E-state index in [4.69, 9.17) is 28.7 Å². The molecule has 12 heteroatoms. The Bertz CT molecular complexity index is 2840. The third-order valence-electron chi connectivity index (χ3n) is 12.9. The molecule has 0 saturated carbocycles. The highest BCUT2D eigenvalue weighted by molar-refractivity contribution is 5.84. The summed E-state index contributed by atoms with van der Waals surface area (Å²) in [5.74, 6) is 1.22. The van der Waals surface area contributed by atoms with Gasteiger partial charge in [0.05, 0.1) is 26.7 Å². The van der Waals surface area contributed by atoms with Crippen molar-refractivity contribution in [2.75, 3.05) is 26.1 Å². The van der Waals surface area contributed by atoms with E-state index in [0.29, 0.717) is 23.4 Å². The first-order chi connectivity index (χ1) is 33.2. The summed E-state index contributed by atoms with van der Waals surface area (Å²) in [5, 5.41) is 3.70. The molecule has 346 valence electrons. The highest BCUT2D eigenvalue weighted by Gasteiger charge is 2.53. The maximum absolute atomic E-state index is 16.3. The fraction of sp³-hybridized carbons (Fsp3) is 0.250. The van der Waals surface area contributed by atoms with Crippen LogP contribution in [0.1, 0.15) is 79.1 Å². The monoisotopic (exact) mass is 911 g/mol. The van der Waals surface area contributed by atoms with Crippen LogP contribution in [0.5, 0.6) is 11.5 Å². The normalized spacial score (nSPS) is 17.2. The smallest absolute Gasteiger partial charge is 0.312 e. The van der Waals surface area contributed by atoms with E-state index in [2.05, 4.69) is 15.3 Å². The first-order valence-electron chi connectivity index (χ1n) is 22.9. The van der Waals surface area contributed by atoms with Crippen molar-refractivity contribution in [2.24, 2.45) is 0 Å². The topological polar surface area (TPSA) is 119 Å². The molecule has 1 aliphatic rings. The molecule has 0 bridgehead atoms. The highest BCUT2D eigenvalue weighted by atomic mass is 19.1. The lowest BCUT2D eigenvalue weighted by atomic mass is 9.77. The van der Waals surface area contributed by atoms with E-state index < -0.39 is 35.2 Å². The van der Waals surface area contributed by atoms with Gasteiger partial charge in [0, 0.05) is 12.8 Å². The molecule has 6 aromatic carbocycles. The molecule has 0 radical (unpaired) electrons. The van der Waals surface area contributed by atoms with Crippen LogP contribution >= 0.6 is 0 Å². The van der Waals surface area contributed by atoms with Gasteiger partial charge < -0.3 is 29.0 Å². The molecule has 8 aromatic rings. The van der Waals surface area contributed by atoms with Crippen LogP contribution in [0.25, 0.3) is 11.2 Å². The Labute approximate surface area is 395 Å². The van der Waals surface area contributed by atoms with Crippen molar-refractivity contribution in [3.05, 3.63) is 216 Å². The summed E-state index contributed by atoms with van der Waals surface area (Å²) in [6, 6.07) is 55.5. The number of rotatable bonds is 18. The van der Waals surface area contributed by atoms with E-state index >= 15 is 4.39 Å². The Morgan fingerprint density at radius 3 is 1.72 bits per heavy atom. The van der Waals surface area contributed by atoms with Crippen molar-refractivity contribution < 1.29 is 32.9 Å². The minimum Gasteiger partial charge on any atom is -0.497 e. The van der Waals surface area contributed by atoms with Gasteiger partial charge in [0.15, 0.2) is 17.0 Å². The van der Waals surface area contributed by atoms with Gasteiger partial charge in [-0.25, -0.2) is 4.98 Å². The molecule has 1 N–H and O–H groups in total. The maximum atomic E-state index is 16.3. The summed E-state index contributed by atoms with van der Waals surface area (Å²) in [4.78, 5) is 26.9. The molecular weight excluding hydrogens is 858 g/mol. The van der Waals surface area contributed by atoms with Crippen molar-refractivity contribution in [1.82, 2.24) is 19.5 Å². The molecule has 0 amide bonds. The molecule has 3 atom stereocenters. The lowest BCUT2D eigenvalue weighted by molar-refractivity contribution is -0.175. The van der Waals surface area contributed by atoms with Crippen molar-refractivity contribution in [2.45, 2.75) is 68.6 Å². The number of halogens is 1. The van der Waals surface area contributed by atoms with Crippen LogP contribution in [0, 0.1) is 6.08 Å². The number of fused-ring (bicyclic) bond motifs is 1. The molecule has 0 spiro atoms. The second-order valence-electron chi connectivity index (χ2n) is 17.1. The molecule has 9 rings (SSSR count). The van der Waals surface area contributed by atoms with Gasteiger partial charge >= 0.3 is 12.0 Å². The number of hydrogen-bond donors (Lipinski definition) is 1. The number of esters is 1.